The first-order valence-electron chi connectivity index (χ1n) is 6.52. The fourth-order valence-electron chi connectivity index (χ4n) is 1.85. The summed E-state index contributed by atoms with van der Waals surface area (Å²) in [6, 6.07) is 7.87. The molecule has 0 bridgehead atoms. The molecule has 1 aliphatic rings. The van der Waals surface area contributed by atoms with Crippen LogP contribution in [0.3, 0.4) is 0 Å². The molecule has 0 unspecified atom stereocenters. The second-order valence-electron chi connectivity index (χ2n) is 4.80. The third-order valence-corrected chi connectivity index (χ3v) is 4.20. The standard InChI is InChI=1S/C15H14F2N2S/c16-11-3-6-13(17)14(8-11)20-15-10(2-1-7-18-15)9-19-12-4-5-12/h1-3,6-8,12,19H,4-5,9H2. The van der Waals surface area contributed by atoms with Gasteiger partial charge in [0.05, 0.1) is 4.90 Å². The molecule has 0 atom stereocenters. The van der Waals surface area contributed by atoms with E-state index in [4.69, 9.17) is 0 Å². The number of hydrogen-bond donors (Lipinski definition) is 1. The molecular formula is C15H14F2N2S. The van der Waals surface area contributed by atoms with Crippen molar-refractivity contribution in [2.45, 2.75) is 35.3 Å². The van der Waals surface area contributed by atoms with Gasteiger partial charge in [-0.05, 0) is 42.7 Å². The Morgan fingerprint density at radius 1 is 1.25 bits per heavy atom. The third kappa shape index (κ3) is 3.35. The molecule has 1 aromatic heterocycles. The molecule has 2 nitrogen and oxygen atoms in total. The Kier molecular flexibility index (Phi) is 3.98. The van der Waals surface area contributed by atoms with E-state index in [0.29, 0.717) is 17.6 Å². The third-order valence-electron chi connectivity index (χ3n) is 3.11. The Morgan fingerprint density at radius 2 is 2.10 bits per heavy atom. The zero-order valence-electron chi connectivity index (χ0n) is 10.8. The molecule has 104 valence electrons. The predicted molar refractivity (Wildman–Crippen MR) is 74.6 cm³/mol. The molecule has 1 aliphatic carbocycles. The molecule has 3 rings (SSSR count). The van der Waals surface area contributed by atoms with Crippen molar-refractivity contribution < 1.29 is 8.78 Å². The van der Waals surface area contributed by atoms with Crippen LogP contribution in [0.4, 0.5) is 8.78 Å². The maximum absolute atomic E-state index is 13.7. The van der Waals surface area contributed by atoms with Crippen LogP contribution >= 0.6 is 11.8 Å². The molecule has 1 heterocycles. The van der Waals surface area contributed by atoms with Crippen LogP contribution in [0.1, 0.15) is 18.4 Å². The lowest BCUT2D eigenvalue weighted by atomic mass is 10.3. The highest BCUT2D eigenvalue weighted by Crippen LogP contribution is 2.31. The Bertz CT molecular complexity index is 615. The molecule has 0 spiro atoms. The Hall–Kier alpha value is -1.46. The molecule has 1 saturated carbocycles. The van der Waals surface area contributed by atoms with Gasteiger partial charge >= 0.3 is 0 Å². The second kappa shape index (κ2) is 5.89. The topological polar surface area (TPSA) is 24.9 Å². The number of nitrogens with zero attached hydrogens (tertiary/aromatic N) is 1. The monoisotopic (exact) mass is 292 g/mol. The number of pyridine rings is 1. The van der Waals surface area contributed by atoms with Crippen LogP contribution in [0, 0.1) is 11.6 Å². The molecule has 20 heavy (non-hydrogen) atoms. The first-order valence-corrected chi connectivity index (χ1v) is 7.34. The van der Waals surface area contributed by atoms with Gasteiger partial charge in [0.25, 0.3) is 0 Å². The largest absolute Gasteiger partial charge is 0.310 e. The summed E-state index contributed by atoms with van der Waals surface area (Å²) in [6.45, 7) is 0.706. The van der Waals surface area contributed by atoms with Gasteiger partial charge in [0.15, 0.2) is 0 Å². The minimum Gasteiger partial charge on any atom is -0.310 e. The van der Waals surface area contributed by atoms with Crippen LogP contribution in [-0.4, -0.2) is 11.0 Å². The van der Waals surface area contributed by atoms with Crippen molar-refractivity contribution in [3.63, 3.8) is 0 Å². The van der Waals surface area contributed by atoms with Crippen molar-refractivity contribution in [1.82, 2.24) is 10.3 Å². The molecule has 1 fully saturated rings. The molecule has 1 N–H and O–H groups in total. The number of halogens is 2. The molecular weight excluding hydrogens is 278 g/mol. The highest BCUT2D eigenvalue weighted by molar-refractivity contribution is 7.99. The average molecular weight is 292 g/mol. The van der Waals surface area contributed by atoms with Crippen LogP contribution in [0.25, 0.3) is 0 Å². The molecule has 0 aliphatic heterocycles. The second-order valence-corrected chi connectivity index (χ2v) is 5.83. The summed E-state index contributed by atoms with van der Waals surface area (Å²) in [5, 5.41) is 4.12. The van der Waals surface area contributed by atoms with Gasteiger partial charge in [-0.1, -0.05) is 17.8 Å². The normalized spacial score (nSPS) is 14.5. The van der Waals surface area contributed by atoms with Gasteiger partial charge in [-0.3, -0.25) is 0 Å². The van der Waals surface area contributed by atoms with Crippen LogP contribution in [0.15, 0.2) is 46.5 Å². The predicted octanol–water partition coefficient (Wildman–Crippen LogP) is 3.76. The van der Waals surface area contributed by atoms with Gasteiger partial charge in [0.1, 0.15) is 16.7 Å². The summed E-state index contributed by atoms with van der Waals surface area (Å²) < 4.78 is 26.9. The van der Waals surface area contributed by atoms with E-state index < -0.39 is 11.6 Å². The number of nitrogens with one attached hydrogen (secondary N) is 1. The quantitative estimate of drug-likeness (QED) is 0.908. The number of hydrogen-bond acceptors (Lipinski definition) is 3. The van der Waals surface area contributed by atoms with Gasteiger partial charge in [-0.25, -0.2) is 13.8 Å². The van der Waals surface area contributed by atoms with Crippen LogP contribution < -0.4 is 5.32 Å². The molecule has 2 aromatic rings. The summed E-state index contributed by atoms with van der Waals surface area (Å²) in [6.07, 6.45) is 4.09. The summed E-state index contributed by atoms with van der Waals surface area (Å²) in [4.78, 5) is 4.54. The lowest BCUT2D eigenvalue weighted by Crippen LogP contribution is -2.16. The van der Waals surface area contributed by atoms with Crippen LogP contribution in [0.5, 0.6) is 0 Å². The molecule has 0 radical (unpaired) electrons. The highest BCUT2D eigenvalue weighted by Gasteiger charge is 2.20. The first-order chi connectivity index (χ1) is 9.72. The summed E-state index contributed by atoms with van der Waals surface area (Å²) in [7, 11) is 0. The fraction of sp³-hybridized carbons (Fsp3) is 0.267. The molecule has 0 amide bonds. The Balaban J connectivity index is 1.80. The van der Waals surface area contributed by atoms with Gasteiger partial charge < -0.3 is 5.32 Å². The van der Waals surface area contributed by atoms with Gasteiger partial charge in [-0.2, -0.15) is 0 Å². The van der Waals surface area contributed by atoms with E-state index in [2.05, 4.69) is 10.3 Å². The smallest absolute Gasteiger partial charge is 0.137 e. The lowest BCUT2D eigenvalue weighted by molar-refractivity contribution is 0.577. The van der Waals surface area contributed by atoms with Crippen molar-refractivity contribution in [2.24, 2.45) is 0 Å². The highest BCUT2D eigenvalue weighted by atomic mass is 32.2. The van der Waals surface area contributed by atoms with E-state index in [1.165, 1.54) is 18.9 Å². The number of rotatable bonds is 5. The van der Waals surface area contributed by atoms with Gasteiger partial charge in [0, 0.05) is 18.8 Å². The SMILES string of the molecule is Fc1ccc(F)c(Sc2ncccc2CNC2CC2)c1. The fourth-order valence-corrected chi connectivity index (χ4v) is 2.78. The molecule has 5 heteroatoms. The molecule has 0 saturated heterocycles. The van der Waals surface area contributed by atoms with Gasteiger partial charge in [0.2, 0.25) is 0 Å². The zero-order valence-corrected chi connectivity index (χ0v) is 11.6. The number of aromatic nitrogens is 1. The molecule has 1 aromatic carbocycles. The Labute approximate surface area is 120 Å². The van der Waals surface area contributed by atoms with E-state index in [9.17, 15) is 8.78 Å². The summed E-state index contributed by atoms with van der Waals surface area (Å²) in [5.41, 5.74) is 1.01. The minimum absolute atomic E-state index is 0.261. The summed E-state index contributed by atoms with van der Waals surface area (Å²) >= 11 is 1.16. The zero-order chi connectivity index (χ0) is 13.9. The minimum atomic E-state index is -0.442. The lowest BCUT2D eigenvalue weighted by Gasteiger charge is -2.09. The van der Waals surface area contributed by atoms with Crippen molar-refractivity contribution in [1.29, 1.82) is 0 Å². The average Bonchev–Trinajstić information content (AvgIpc) is 3.26. The summed E-state index contributed by atoms with van der Waals surface area (Å²) in [5.74, 6) is -0.870. The van der Waals surface area contributed by atoms with Crippen molar-refractivity contribution in [3.8, 4) is 0 Å². The Morgan fingerprint density at radius 3 is 2.90 bits per heavy atom. The van der Waals surface area contributed by atoms with Gasteiger partial charge in [-0.15, -0.1) is 0 Å². The number of benzene rings is 1. The van der Waals surface area contributed by atoms with E-state index in [1.54, 1.807) is 6.20 Å². The van der Waals surface area contributed by atoms with E-state index in [0.717, 1.165) is 29.5 Å². The van der Waals surface area contributed by atoms with Crippen molar-refractivity contribution >= 4 is 11.8 Å². The van der Waals surface area contributed by atoms with Crippen LogP contribution in [-0.2, 0) is 6.54 Å². The maximum atomic E-state index is 13.7. The first kappa shape index (κ1) is 13.5. The van der Waals surface area contributed by atoms with E-state index >= 15 is 0 Å². The van der Waals surface area contributed by atoms with E-state index in [-0.39, 0.29) is 4.90 Å². The van der Waals surface area contributed by atoms with Crippen LogP contribution in [0.2, 0.25) is 0 Å². The maximum Gasteiger partial charge on any atom is 0.137 e. The van der Waals surface area contributed by atoms with Crippen molar-refractivity contribution in [3.05, 3.63) is 53.7 Å². The van der Waals surface area contributed by atoms with E-state index in [1.807, 2.05) is 12.1 Å². The van der Waals surface area contributed by atoms with Crippen molar-refractivity contribution in [2.75, 3.05) is 0 Å².